The number of hydrogen-bond acceptors (Lipinski definition) is 5. The summed E-state index contributed by atoms with van der Waals surface area (Å²) >= 11 is 1.66. The molecule has 2 fully saturated rings. The van der Waals surface area contributed by atoms with E-state index in [9.17, 15) is 13.2 Å². The van der Waals surface area contributed by atoms with Gasteiger partial charge in [-0.05, 0) is 36.6 Å². The van der Waals surface area contributed by atoms with Crippen LogP contribution in [0.5, 0.6) is 0 Å². The maximum absolute atomic E-state index is 13.2. The van der Waals surface area contributed by atoms with E-state index in [1.54, 1.807) is 22.7 Å². The molecule has 8 heteroatoms. The SMILES string of the molecule is O=C(c1ccccc1SCC1CCCO1)N1CCN(S(=O)(=O)C=Cc2ccccc2)CC1. The highest BCUT2D eigenvalue weighted by atomic mass is 32.2. The average molecular weight is 473 g/mol. The zero-order valence-electron chi connectivity index (χ0n) is 17.9. The van der Waals surface area contributed by atoms with Gasteiger partial charge < -0.3 is 9.64 Å². The summed E-state index contributed by atoms with van der Waals surface area (Å²) in [5, 5.41) is 1.25. The van der Waals surface area contributed by atoms with Crippen LogP contribution in [0.25, 0.3) is 6.08 Å². The Labute approximate surface area is 194 Å². The summed E-state index contributed by atoms with van der Waals surface area (Å²) in [7, 11) is -3.52. The van der Waals surface area contributed by atoms with E-state index >= 15 is 0 Å². The standard InChI is InChI=1S/C24H28N2O4S2/c27-24(22-10-4-5-11-23(22)31-19-21-9-6-17-30-21)25-13-15-26(16-14-25)32(28,29)18-12-20-7-2-1-3-8-20/h1-5,7-8,10-12,18,21H,6,9,13-17,19H2. The summed E-state index contributed by atoms with van der Waals surface area (Å²) in [4.78, 5) is 15.9. The van der Waals surface area contributed by atoms with Crippen LogP contribution in [0.2, 0.25) is 0 Å². The normalized spacial score (nSPS) is 20.1. The van der Waals surface area contributed by atoms with Crippen molar-refractivity contribution in [1.29, 1.82) is 0 Å². The second-order valence-electron chi connectivity index (χ2n) is 7.89. The fourth-order valence-electron chi connectivity index (χ4n) is 3.86. The van der Waals surface area contributed by atoms with Gasteiger partial charge in [0.15, 0.2) is 0 Å². The number of ether oxygens (including phenoxy) is 1. The maximum atomic E-state index is 13.2. The molecule has 0 aliphatic carbocycles. The minimum Gasteiger partial charge on any atom is -0.377 e. The molecule has 0 spiro atoms. The minimum absolute atomic E-state index is 0.0442. The summed E-state index contributed by atoms with van der Waals surface area (Å²) < 4.78 is 32.5. The molecule has 1 unspecified atom stereocenters. The first-order chi connectivity index (χ1) is 15.5. The molecule has 2 aliphatic heterocycles. The largest absolute Gasteiger partial charge is 0.377 e. The van der Waals surface area contributed by atoms with E-state index in [1.807, 2.05) is 54.6 Å². The molecule has 32 heavy (non-hydrogen) atoms. The Balaban J connectivity index is 1.36. The molecular formula is C24H28N2O4S2. The van der Waals surface area contributed by atoms with E-state index in [4.69, 9.17) is 4.74 Å². The first kappa shape index (κ1) is 23.0. The van der Waals surface area contributed by atoms with Gasteiger partial charge in [0.1, 0.15) is 0 Å². The van der Waals surface area contributed by atoms with Crippen molar-refractivity contribution in [3.8, 4) is 0 Å². The fraction of sp³-hybridized carbons (Fsp3) is 0.375. The van der Waals surface area contributed by atoms with Gasteiger partial charge in [-0.2, -0.15) is 4.31 Å². The topological polar surface area (TPSA) is 66.9 Å². The molecule has 170 valence electrons. The highest BCUT2D eigenvalue weighted by Crippen LogP contribution is 2.28. The lowest BCUT2D eigenvalue weighted by atomic mass is 10.2. The number of piperazine rings is 1. The van der Waals surface area contributed by atoms with Crippen molar-refractivity contribution >= 4 is 33.8 Å². The van der Waals surface area contributed by atoms with Crippen molar-refractivity contribution in [1.82, 2.24) is 9.21 Å². The van der Waals surface area contributed by atoms with Gasteiger partial charge >= 0.3 is 0 Å². The predicted octanol–water partition coefficient (Wildman–Crippen LogP) is 3.72. The molecule has 0 N–H and O–H groups in total. The number of nitrogens with zero attached hydrogens (tertiary/aromatic N) is 2. The van der Waals surface area contributed by atoms with E-state index in [0.29, 0.717) is 31.7 Å². The van der Waals surface area contributed by atoms with Crippen molar-refractivity contribution in [2.24, 2.45) is 0 Å². The number of carbonyl (C=O) groups excluding carboxylic acids is 1. The van der Waals surface area contributed by atoms with Crippen LogP contribution in [-0.4, -0.2) is 68.2 Å². The molecule has 2 aromatic carbocycles. The van der Waals surface area contributed by atoms with Gasteiger partial charge in [0.05, 0.1) is 11.7 Å². The third kappa shape index (κ3) is 5.81. The second kappa shape index (κ2) is 10.7. The summed E-state index contributed by atoms with van der Waals surface area (Å²) in [6.45, 7) is 2.15. The number of thioether (sulfide) groups is 1. The molecule has 0 bridgehead atoms. The van der Waals surface area contributed by atoms with Gasteiger partial charge in [-0.3, -0.25) is 4.79 Å². The first-order valence-electron chi connectivity index (χ1n) is 10.9. The van der Waals surface area contributed by atoms with Crippen molar-refractivity contribution in [2.75, 3.05) is 38.5 Å². The van der Waals surface area contributed by atoms with Gasteiger partial charge in [0.25, 0.3) is 5.91 Å². The van der Waals surface area contributed by atoms with Gasteiger partial charge in [-0.15, -0.1) is 11.8 Å². The van der Waals surface area contributed by atoms with Crippen molar-refractivity contribution in [3.05, 3.63) is 71.1 Å². The molecule has 0 aromatic heterocycles. The predicted molar refractivity (Wildman–Crippen MR) is 128 cm³/mol. The molecule has 0 radical (unpaired) electrons. The Bertz CT molecular complexity index is 1040. The monoisotopic (exact) mass is 472 g/mol. The third-order valence-corrected chi connectivity index (χ3v) is 8.45. The van der Waals surface area contributed by atoms with Crippen LogP contribution < -0.4 is 0 Å². The highest BCUT2D eigenvalue weighted by molar-refractivity contribution is 7.99. The summed E-state index contributed by atoms with van der Waals surface area (Å²) in [6.07, 6.45) is 4.02. The zero-order chi connectivity index (χ0) is 22.4. The zero-order valence-corrected chi connectivity index (χ0v) is 19.6. The van der Waals surface area contributed by atoms with Crippen LogP contribution in [0, 0.1) is 0 Å². The molecule has 0 saturated carbocycles. The third-order valence-electron chi connectivity index (χ3n) is 5.68. The van der Waals surface area contributed by atoms with E-state index in [2.05, 4.69) is 0 Å². The van der Waals surface area contributed by atoms with Crippen LogP contribution in [0.4, 0.5) is 0 Å². The van der Waals surface area contributed by atoms with Crippen molar-refractivity contribution < 1.29 is 17.9 Å². The second-order valence-corrected chi connectivity index (χ2v) is 10.8. The first-order valence-corrected chi connectivity index (χ1v) is 13.4. The molecule has 4 rings (SSSR count). The molecule has 2 aromatic rings. The highest BCUT2D eigenvalue weighted by Gasteiger charge is 2.29. The van der Waals surface area contributed by atoms with E-state index < -0.39 is 10.0 Å². The number of carbonyl (C=O) groups is 1. The van der Waals surface area contributed by atoms with Crippen molar-refractivity contribution in [3.63, 3.8) is 0 Å². The lowest BCUT2D eigenvalue weighted by molar-refractivity contribution is 0.0695. The number of rotatable bonds is 7. The molecule has 6 nitrogen and oxygen atoms in total. The van der Waals surface area contributed by atoms with E-state index in [1.165, 1.54) is 9.71 Å². The molecular weight excluding hydrogens is 444 g/mol. The van der Waals surface area contributed by atoms with Gasteiger partial charge in [0, 0.05) is 48.8 Å². The summed E-state index contributed by atoms with van der Waals surface area (Å²) in [5.74, 6) is 0.793. The molecule has 1 amide bonds. The fourth-order valence-corrected chi connectivity index (χ4v) is 6.15. The Morgan fingerprint density at radius 3 is 2.47 bits per heavy atom. The van der Waals surface area contributed by atoms with E-state index in [0.717, 1.165) is 35.7 Å². The van der Waals surface area contributed by atoms with Crippen LogP contribution in [0.1, 0.15) is 28.8 Å². The Morgan fingerprint density at radius 2 is 1.75 bits per heavy atom. The number of sulfonamides is 1. The van der Waals surface area contributed by atoms with Crippen molar-refractivity contribution in [2.45, 2.75) is 23.8 Å². The van der Waals surface area contributed by atoms with Gasteiger partial charge in [0.2, 0.25) is 10.0 Å². The van der Waals surface area contributed by atoms with Crippen LogP contribution >= 0.6 is 11.8 Å². The summed E-state index contributed by atoms with van der Waals surface area (Å²) in [6, 6.07) is 17.0. The summed E-state index contributed by atoms with van der Waals surface area (Å²) in [5.41, 5.74) is 1.51. The van der Waals surface area contributed by atoms with Crippen LogP contribution in [-0.2, 0) is 14.8 Å². The maximum Gasteiger partial charge on any atom is 0.255 e. The average Bonchev–Trinajstić information content (AvgIpc) is 3.36. The smallest absolute Gasteiger partial charge is 0.255 e. The molecule has 2 saturated heterocycles. The van der Waals surface area contributed by atoms with E-state index in [-0.39, 0.29) is 12.0 Å². The minimum atomic E-state index is -3.52. The molecule has 1 atom stereocenters. The van der Waals surface area contributed by atoms with Crippen LogP contribution in [0.15, 0.2) is 64.9 Å². The lowest BCUT2D eigenvalue weighted by Crippen LogP contribution is -2.50. The lowest BCUT2D eigenvalue weighted by Gasteiger charge is -2.33. The van der Waals surface area contributed by atoms with Crippen LogP contribution in [0.3, 0.4) is 0 Å². The van der Waals surface area contributed by atoms with Gasteiger partial charge in [-0.25, -0.2) is 8.42 Å². The number of amides is 1. The number of benzene rings is 2. The number of hydrogen-bond donors (Lipinski definition) is 0. The molecule has 2 heterocycles. The quantitative estimate of drug-likeness (QED) is 0.575. The van der Waals surface area contributed by atoms with Gasteiger partial charge in [-0.1, -0.05) is 42.5 Å². The Hall–Kier alpha value is -2.13. The molecule has 2 aliphatic rings. The Morgan fingerprint density at radius 1 is 1.03 bits per heavy atom. The Kier molecular flexibility index (Phi) is 7.67.